The molecule has 3 nitrogen and oxygen atoms in total. The van der Waals surface area contributed by atoms with Gasteiger partial charge < -0.3 is 0 Å². The molecule has 0 spiro atoms. The average molecular weight is 299 g/mol. The van der Waals surface area contributed by atoms with E-state index in [0.717, 1.165) is 6.42 Å². The highest BCUT2D eigenvalue weighted by atomic mass is 127. The number of alkyl halides is 1. The van der Waals surface area contributed by atoms with Crippen LogP contribution in [0.2, 0.25) is 0 Å². The number of aryl methyl sites for hydroxylation is 1. The van der Waals surface area contributed by atoms with E-state index in [2.05, 4.69) is 4.98 Å². The van der Waals surface area contributed by atoms with Gasteiger partial charge in [0.2, 0.25) is 0 Å². The molecule has 0 unspecified atom stereocenters. The van der Waals surface area contributed by atoms with Crippen LogP contribution in [0.15, 0.2) is 17.3 Å². The van der Waals surface area contributed by atoms with Gasteiger partial charge in [-0.15, -0.1) is 11.6 Å². The molecule has 0 aliphatic heterocycles. The molecule has 0 atom stereocenters. The maximum Gasteiger partial charge on any atom is 0.266 e. The SMILES string of the molecule is O=c1c(I)cncn1CCCCl. The first-order valence-electron chi connectivity index (χ1n) is 3.51. The Morgan fingerprint density at radius 1 is 1.67 bits per heavy atom. The summed E-state index contributed by atoms with van der Waals surface area (Å²) < 4.78 is 2.22. The molecule has 5 heteroatoms. The highest BCUT2D eigenvalue weighted by Crippen LogP contribution is 1.94. The summed E-state index contributed by atoms with van der Waals surface area (Å²) in [4.78, 5) is 15.3. The van der Waals surface area contributed by atoms with Crippen LogP contribution in [0.1, 0.15) is 6.42 Å². The van der Waals surface area contributed by atoms with E-state index in [1.165, 1.54) is 6.33 Å². The van der Waals surface area contributed by atoms with E-state index in [0.29, 0.717) is 16.0 Å². The number of hydrogen-bond acceptors (Lipinski definition) is 2. The van der Waals surface area contributed by atoms with E-state index in [9.17, 15) is 4.79 Å². The molecule has 0 aliphatic rings. The lowest BCUT2D eigenvalue weighted by atomic mass is 10.4. The second-order valence-corrected chi connectivity index (χ2v) is 3.82. The summed E-state index contributed by atoms with van der Waals surface area (Å²) in [6.07, 6.45) is 3.89. The van der Waals surface area contributed by atoms with Crippen LogP contribution in [0.5, 0.6) is 0 Å². The smallest absolute Gasteiger partial charge is 0.266 e. The first-order valence-corrected chi connectivity index (χ1v) is 5.13. The number of hydrogen-bond donors (Lipinski definition) is 0. The topological polar surface area (TPSA) is 34.9 Å². The monoisotopic (exact) mass is 298 g/mol. The van der Waals surface area contributed by atoms with Crippen LogP contribution in [0.4, 0.5) is 0 Å². The van der Waals surface area contributed by atoms with E-state index < -0.39 is 0 Å². The van der Waals surface area contributed by atoms with Gasteiger partial charge in [-0.3, -0.25) is 9.36 Å². The number of nitrogens with zero attached hydrogens (tertiary/aromatic N) is 2. The maximum atomic E-state index is 11.3. The third-order valence-corrected chi connectivity index (χ3v) is 2.40. The van der Waals surface area contributed by atoms with E-state index in [-0.39, 0.29) is 5.56 Å². The van der Waals surface area contributed by atoms with Crippen molar-refractivity contribution in [3.63, 3.8) is 0 Å². The van der Waals surface area contributed by atoms with Gasteiger partial charge in [-0.2, -0.15) is 0 Å². The van der Waals surface area contributed by atoms with Gasteiger partial charge in [-0.05, 0) is 29.0 Å². The molecular formula is C7H8ClIN2O. The summed E-state index contributed by atoms with van der Waals surface area (Å²) in [6.45, 7) is 0.645. The zero-order valence-electron chi connectivity index (χ0n) is 6.33. The molecule has 1 aromatic heterocycles. The predicted octanol–water partition coefficient (Wildman–Crippen LogP) is 1.48. The minimum atomic E-state index is 0.00992. The molecule has 12 heavy (non-hydrogen) atoms. The normalized spacial score (nSPS) is 10.2. The summed E-state index contributed by atoms with van der Waals surface area (Å²) in [5.41, 5.74) is 0.00992. The average Bonchev–Trinajstić information content (AvgIpc) is 2.08. The molecular weight excluding hydrogens is 290 g/mol. The Morgan fingerprint density at radius 3 is 3.08 bits per heavy atom. The minimum Gasteiger partial charge on any atom is -0.298 e. The summed E-state index contributed by atoms with van der Waals surface area (Å²) in [5, 5.41) is 0. The molecule has 0 aromatic carbocycles. The second kappa shape index (κ2) is 4.81. The third-order valence-electron chi connectivity index (χ3n) is 1.39. The Hall–Kier alpha value is -0.100. The first kappa shape index (κ1) is 9.98. The lowest BCUT2D eigenvalue weighted by molar-refractivity contribution is 0.639. The number of halogens is 2. The Balaban J connectivity index is 2.85. The Kier molecular flexibility index (Phi) is 4.00. The van der Waals surface area contributed by atoms with E-state index in [1.807, 2.05) is 22.6 Å². The van der Waals surface area contributed by atoms with Gasteiger partial charge in [0.15, 0.2) is 0 Å². The van der Waals surface area contributed by atoms with Crippen LogP contribution in [0.3, 0.4) is 0 Å². The minimum absolute atomic E-state index is 0.00992. The number of aromatic nitrogens is 2. The summed E-state index contributed by atoms with van der Waals surface area (Å²) in [5.74, 6) is 0.567. The van der Waals surface area contributed by atoms with Crippen LogP contribution in [0.25, 0.3) is 0 Å². The highest BCUT2D eigenvalue weighted by molar-refractivity contribution is 14.1. The van der Waals surface area contributed by atoms with Gasteiger partial charge in [0, 0.05) is 18.6 Å². The Morgan fingerprint density at radius 2 is 2.42 bits per heavy atom. The molecule has 0 radical (unpaired) electrons. The fraction of sp³-hybridized carbons (Fsp3) is 0.429. The molecule has 66 valence electrons. The first-order chi connectivity index (χ1) is 5.75. The van der Waals surface area contributed by atoms with Gasteiger partial charge in [0.1, 0.15) is 0 Å². The molecule has 1 heterocycles. The van der Waals surface area contributed by atoms with Crippen molar-refractivity contribution >= 4 is 34.2 Å². The highest BCUT2D eigenvalue weighted by Gasteiger charge is 1.98. The van der Waals surface area contributed by atoms with Crippen molar-refractivity contribution in [2.75, 3.05) is 5.88 Å². The van der Waals surface area contributed by atoms with Crippen molar-refractivity contribution in [2.24, 2.45) is 0 Å². The largest absolute Gasteiger partial charge is 0.298 e. The van der Waals surface area contributed by atoms with Gasteiger partial charge in [0.05, 0.1) is 9.90 Å². The van der Waals surface area contributed by atoms with Crippen molar-refractivity contribution in [3.05, 3.63) is 26.4 Å². The van der Waals surface area contributed by atoms with E-state index in [4.69, 9.17) is 11.6 Å². The van der Waals surface area contributed by atoms with Crippen LogP contribution in [-0.2, 0) is 6.54 Å². The van der Waals surface area contributed by atoms with Crippen LogP contribution in [-0.4, -0.2) is 15.4 Å². The lowest BCUT2D eigenvalue weighted by Crippen LogP contribution is -2.22. The van der Waals surface area contributed by atoms with Crippen LogP contribution < -0.4 is 5.56 Å². The zero-order chi connectivity index (χ0) is 8.97. The summed E-state index contributed by atoms with van der Waals surface area (Å²) in [7, 11) is 0. The zero-order valence-corrected chi connectivity index (χ0v) is 9.25. The Bertz CT molecular complexity index is 313. The van der Waals surface area contributed by atoms with Crippen molar-refractivity contribution in [2.45, 2.75) is 13.0 Å². The molecule has 0 N–H and O–H groups in total. The van der Waals surface area contributed by atoms with Crippen molar-refractivity contribution < 1.29 is 0 Å². The van der Waals surface area contributed by atoms with Crippen LogP contribution >= 0.6 is 34.2 Å². The van der Waals surface area contributed by atoms with Crippen molar-refractivity contribution in [3.8, 4) is 0 Å². The van der Waals surface area contributed by atoms with Crippen LogP contribution in [0, 0.1) is 3.57 Å². The quantitative estimate of drug-likeness (QED) is 0.626. The maximum absolute atomic E-state index is 11.3. The predicted molar refractivity (Wildman–Crippen MR) is 56.6 cm³/mol. The molecule has 0 bridgehead atoms. The molecule has 0 aliphatic carbocycles. The van der Waals surface area contributed by atoms with Gasteiger partial charge in [0.25, 0.3) is 5.56 Å². The van der Waals surface area contributed by atoms with Gasteiger partial charge >= 0.3 is 0 Å². The third kappa shape index (κ3) is 2.45. The molecule has 1 aromatic rings. The number of rotatable bonds is 3. The fourth-order valence-electron chi connectivity index (χ4n) is 0.813. The van der Waals surface area contributed by atoms with Crippen molar-refractivity contribution in [1.29, 1.82) is 0 Å². The summed E-state index contributed by atoms with van der Waals surface area (Å²) >= 11 is 7.48. The molecule has 0 amide bonds. The van der Waals surface area contributed by atoms with Gasteiger partial charge in [-0.25, -0.2) is 4.98 Å². The van der Waals surface area contributed by atoms with Crippen molar-refractivity contribution in [1.82, 2.24) is 9.55 Å². The van der Waals surface area contributed by atoms with Gasteiger partial charge in [-0.1, -0.05) is 0 Å². The van der Waals surface area contributed by atoms with E-state index in [1.54, 1.807) is 10.8 Å². The molecule has 0 fully saturated rings. The fourth-order valence-corrected chi connectivity index (χ4v) is 1.40. The standard InChI is InChI=1S/C7H8ClIN2O/c8-2-1-3-11-5-10-4-6(9)7(11)12/h4-5H,1-3H2. The summed E-state index contributed by atoms with van der Waals surface area (Å²) in [6, 6.07) is 0. The Labute approximate surface area is 88.9 Å². The molecule has 1 rings (SSSR count). The second-order valence-electron chi connectivity index (χ2n) is 2.28. The molecule has 0 saturated heterocycles. The lowest BCUT2D eigenvalue weighted by Gasteiger charge is -2.02. The van der Waals surface area contributed by atoms with E-state index >= 15 is 0 Å². The molecule has 0 saturated carbocycles.